The Labute approximate surface area is 153 Å². The molecule has 2 aromatic rings. The van der Waals surface area contributed by atoms with E-state index in [0.29, 0.717) is 18.5 Å². The third-order valence-corrected chi connectivity index (χ3v) is 5.13. The van der Waals surface area contributed by atoms with E-state index in [1.165, 1.54) is 5.69 Å². The molecule has 8 nitrogen and oxygen atoms in total. The molecule has 0 aliphatic carbocycles. The predicted octanol–water partition coefficient (Wildman–Crippen LogP) is 0.930. The second kappa shape index (κ2) is 7.69. The van der Waals surface area contributed by atoms with Gasteiger partial charge in [-0.2, -0.15) is 0 Å². The van der Waals surface area contributed by atoms with Crippen LogP contribution in [0.4, 0.5) is 5.95 Å². The summed E-state index contributed by atoms with van der Waals surface area (Å²) in [6.07, 6.45) is 8.25. The lowest BCUT2D eigenvalue weighted by molar-refractivity contribution is -0.0563. The van der Waals surface area contributed by atoms with Crippen LogP contribution in [0.3, 0.4) is 0 Å². The van der Waals surface area contributed by atoms with Crippen LogP contribution in [0.15, 0.2) is 31.0 Å². The highest BCUT2D eigenvalue weighted by atomic mass is 16.5. The highest BCUT2D eigenvalue weighted by Gasteiger charge is 2.43. The van der Waals surface area contributed by atoms with Crippen molar-refractivity contribution in [2.45, 2.75) is 18.6 Å². The van der Waals surface area contributed by atoms with Gasteiger partial charge in [0.25, 0.3) is 0 Å². The summed E-state index contributed by atoms with van der Waals surface area (Å²) in [6, 6.07) is 1.82. The third-order valence-electron chi connectivity index (χ3n) is 5.13. The molecule has 140 valence electrons. The summed E-state index contributed by atoms with van der Waals surface area (Å²) in [5.74, 6) is 1.10. The molecule has 2 fully saturated rings. The van der Waals surface area contributed by atoms with Gasteiger partial charge in [0, 0.05) is 57.7 Å². The van der Waals surface area contributed by atoms with Gasteiger partial charge in [0.05, 0.1) is 31.8 Å². The summed E-state index contributed by atoms with van der Waals surface area (Å²) in [5, 5.41) is 3.31. The quantitative estimate of drug-likeness (QED) is 0.852. The van der Waals surface area contributed by atoms with Gasteiger partial charge in [-0.15, -0.1) is 0 Å². The van der Waals surface area contributed by atoms with Crippen molar-refractivity contribution >= 4 is 5.95 Å². The fraction of sp³-hybridized carbons (Fsp3) is 0.611. The molecule has 0 saturated carbocycles. The molecule has 0 aromatic carbocycles. The molecule has 26 heavy (non-hydrogen) atoms. The first-order chi connectivity index (χ1) is 12.7. The van der Waals surface area contributed by atoms with E-state index in [-0.39, 0.29) is 5.60 Å². The molecule has 2 atom stereocenters. The van der Waals surface area contributed by atoms with Crippen LogP contribution in [-0.4, -0.2) is 69.5 Å². The molecule has 0 bridgehead atoms. The molecular formula is C18H26N6O2. The van der Waals surface area contributed by atoms with E-state index in [9.17, 15) is 0 Å². The minimum Gasteiger partial charge on any atom is -0.377 e. The maximum atomic E-state index is 6.27. The largest absolute Gasteiger partial charge is 0.377 e. The molecule has 2 saturated heterocycles. The molecule has 1 spiro atoms. The molecule has 0 radical (unpaired) electrons. The van der Waals surface area contributed by atoms with Crippen LogP contribution < -0.4 is 5.32 Å². The Morgan fingerprint density at radius 3 is 3.04 bits per heavy atom. The van der Waals surface area contributed by atoms with Crippen LogP contribution in [-0.2, 0) is 23.1 Å². The predicted molar refractivity (Wildman–Crippen MR) is 96.6 cm³/mol. The maximum absolute atomic E-state index is 6.27. The lowest BCUT2D eigenvalue weighted by Gasteiger charge is -2.31. The fourth-order valence-electron chi connectivity index (χ4n) is 3.79. The summed E-state index contributed by atoms with van der Waals surface area (Å²) in [5.41, 5.74) is 0.985. The Bertz CT molecular complexity index is 709. The van der Waals surface area contributed by atoms with Gasteiger partial charge < -0.3 is 19.4 Å². The molecule has 4 heterocycles. The van der Waals surface area contributed by atoms with E-state index in [0.717, 1.165) is 45.8 Å². The van der Waals surface area contributed by atoms with Gasteiger partial charge >= 0.3 is 0 Å². The average molecular weight is 358 g/mol. The van der Waals surface area contributed by atoms with Crippen LogP contribution in [0.5, 0.6) is 0 Å². The smallest absolute Gasteiger partial charge is 0.222 e. The highest BCUT2D eigenvalue weighted by Crippen LogP contribution is 2.33. The lowest BCUT2D eigenvalue weighted by Crippen LogP contribution is -2.44. The van der Waals surface area contributed by atoms with E-state index >= 15 is 0 Å². The van der Waals surface area contributed by atoms with Crippen LogP contribution in [0.1, 0.15) is 12.1 Å². The first kappa shape index (κ1) is 17.4. The number of imidazole rings is 1. The van der Waals surface area contributed by atoms with Crippen molar-refractivity contribution in [1.82, 2.24) is 24.4 Å². The van der Waals surface area contributed by atoms with Gasteiger partial charge in [0.1, 0.15) is 5.60 Å². The highest BCUT2D eigenvalue weighted by molar-refractivity contribution is 5.22. The molecule has 2 aliphatic heterocycles. The Morgan fingerprint density at radius 1 is 1.35 bits per heavy atom. The zero-order valence-electron chi connectivity index (χ0n) is 15.2. The Morgan fingerprint density at radius 2 is 2.23 bits per heavy atom. The van der Waals surface area contributed by atoms with E-state index in [2.05, 4.69) is 29.7 Å². The summed E-state index contributed by atoms with van der Waals surface area (Å²) >= 11 is 0. The van der Waals surface area contributed by atoms with E-state index in [1.54, 1.807) is 12.4 Å². The van der Waals surface area contributed by atoms with Crippen LogP contribution in [0.25, 0.3) is 0 Å². The van der Waals surface area contributed by atoms with Gasteiger partial charge in [-0.05, 0) is 12.5 Å². The molecule has 1 N–H and O–H groups in total. The average Bonchev–Trinajstić information content (AvgIpc) is 3.18. The molecule has 2 aliphatic rings. The molecule has 4 rings (SSSR count). The zero-order valence-corrected chi connectivity index (χ0v) is 15.2. The van der Waals surface area contributed by atoms with Gasteiger partial charge in [-0.3, -0.25) is 4.90 Å². The van der Waals surface area contributed by atoms with Crippen molar-refractivity contribution in [2.24, 2.45) is 13.0 Å². The van der Waals surface area contributed by atoms with Gasteiger partial charge in [0.2, 0.25) is 5.95 Å². The molecule has 0 amide bonds. The number of nitrogens with zero attached hydrogens (tertiary/aromatic N) is 5. The van der Waals surface area contributed by atoms with Gasteiger partial charge in [-0.25, -0.2) is 15.0 Å². The summed E-state index contributed by atoms with van der Waals surface area (Å²) in [6.45, 7) is 5.62. The Hall–Kier alpha value is -2.03. The lowest BCUT2D eigenvalue weighted by atomic mass is 9.94. The molecule has 0 unspecified atom stereocenters. The molecule has 8 heteroatoms. The van der Waals surface area contributed by atoms with Crippen molar-refractivity contribution in [3.63, 3.8) is 0 Å². The number of ether oxygens (including phenoxy) is 2. The number of aryl methyl sites for hydroxylation is 1. The zero-order chi connectivity index (χ0) is 17.8. The van der Waals surface area contributed by atoms with E-state index in [1.807, 2.05) is 25.6 Å². The first-order valence-corrected chi connectivity index (χ1v) is 9.13. The first-order valence-electron chi connectivity index (χ1n) is 9.13. The fourth-order valence-corrected chi connectivity index (χ4v) is 3.79. The number of nitrogens with one attached hydrogen (secondary N) is 1. The van der Waals surface area contributed by atoms with Crippen molar-refractivity contribution in [1.29, 1.82) is 0 Å². The normalized spacial score (nSPS) is 26.9. The third kappa shape index (κ3) is 4.03. The van der Waals surface area contributed by atoms with Crippen molar-refractivity contribution in [3.8, 4) is 0 Å². The molecular weight excluding hydrogens is 332 g/mol. The second-order valence-electron chi connectivity index (χ2n) is 7.28. The summed E-state index contributed by atoms with van der Waals surface area (Å²) < 4.78 is 14.2. The summed E-state index contributed by atoms with van der Waals surface area (Å²) in [4.78, 5) is 15.1. The maximum Gasteiger partial charge on any atom is 0.222 e. The van der Waals surface area contributed by atoms with E-state index in [4.69, 9.17) is 9.47 Å². The number of rotatable bonds is 5. The monoisotopic (exact) mass is 358 g/mol. The number of anilines is 1. The van der Waals surface area contributed by atoms with E-state index < -0.39 is 0 Å². The second-order valence-corrected chi connectivity index (χ2v) is 7.28. The van der Waals surface area contributed by atoms with Crippen LogP contribution >= 0.6 is 0 Å². The molecule has 2 aromatic heterocycles. The minimum atomic E-state index is -0.223. The standard InChI is InChI=1S/C18H26N6O2/c1-23-14-19-9-16(23)10-24-5-6-25-13-18(12-24)7-15(11-26-18)8-22-17-20-3-2-4-21-17/h2-4,9,14-15H,5-8,10-13H2,1H3,(H,20,21,22)/t15-,18+/m0/s1. The van der Waals surface area contributed by atoms with Crippen LogP contribution in [0, 0.1) is 5.92 Å². The number of aromatic nitrogens is 4. The van der Waals surface area contributed by atoms with Crippen molar-refractivity contribution < 1.29 is 9.47 Å². The minimum absolute atomic E-state index is 0.223. The van der Waals surface area contributed by atoms with Gasteiger partial charge in [0.15, 0.2) is 0 Å². The Balaban J connectivity index is 1.35. The number of hydrogen-bond acceptors (Lipinski definition) is 7. The van der Waals surface area contributed by atoms with Gasteiger partial charge in [-0.1, -0.05) is 0 Å². The SMILES string of the molecule is Cn1cncc1CN1CCOC[C@@]2(C[C@@H](CNc3ncccn3)CO2)C1. The van der Waals surface area contributed by atoms with Crippen molar-refractivity contribution in [3.05, 3.63) is 36.7 Å². The van der Waals surface area contributed by atoms with Crippen molar-refractivity contribution in [2.75, 3.05) is 44.8 Å². The topological polar surface area (TPSA) is 77.3 Å². The Kier molecular flexibility index (Phi) is 5.14. The van der Waals surface area contributed by atoms with Crippen LogP contribution in [0.2, 0.25) is 0 Å². The summed E-state index contributed by atoms with van der Waals surface area (Å²) in [7, 11) is 2.03. The number of hydrogen-bond donors (Lipinski definition) is 1.